The van der Waals surface area contributed by atoms with Crippen LogP contribution in [0.2, 0.25) is 0 Å². The summed E-state index contributed by atoms with van der Waals surface area (Å²) in [6.07, 6.45) is 6.67. The van der Waals surface area contributed by atoms with Crippen molar-refractivity contribution in [1.82, 2.24) is 4.98 Å². The molecule has 0 aliphatic heterocycles. The molecule has 1 heterocycles. The summed E-state index contributed by atoms with van der Waals surface area (Å²) in [7, 11) is 1.75. The third-order valence-corrected chi connectivity index (χ3v) is 2.99. The first kappa shape index (κ1) is 11.4. The Hall–Kier alpha value is -1.09. The van der Waals surface area contributed by atoms with Gasteiger partial charge in [0.05, 0.1) is 12.3 Å². The second kappa shape index (κ2) is 5.30. The van der Waals surface area contributed by atoms with Crippen molar-refractivity contribution in [2.24, 2.45) is 0 Å². The van der Waals surface area contributed by atoms with Crippen LogP contribution in [0.4, 0.5) is 0 Å². The molecule has 0 atom stereocenters. The smallest absolute Gasteiger partial charge is 0.138 e. The van der Waals surface area contributed by atoms with Crippen LogP contribution in [0, 0.1) is 0 Å². The standard InChI is InChI=1S/C13H19NO2/c1-3-4-10-5-6-11(9-14-10)16-13-7-12(8-13)15-2/h5-6,9,12-13H,3-4,7-8H2,1-2H3. The molecule has 3 heteroatoms. The molecule has 0 spiro atoms. The van der Waals surface area contributed by atoms with Gasteiger partial charge in [0.2, 0.25) is 0 Å². The number of methoxy groups -OCH3 is 1. The SMILES string of the molecule is CCCc1ccc(OC2CC(OC)C2)cn1. The van der Waals surface area contributed by atoms with Crippen LogP contribution in [0.5, 0.6) is 5.75 Å². The molecule has 1 saturated carbocycles. The van der Waals surface area contributed by atoms with Crippen LogP contribution in [0.1, 0.15) is 31.9 Å². The summed E-state index contributed by atoms with van der Waals surface area (Å²) in [4.78, 5) is 4.36. The molecule has 0 saturated heterocycles. The summed E-state index contributed by atoms with van der Waals surface area (Å²) in [5.41, 5.74) is 1.14. The van der Waals surface area contributed by atoms with E-state index >= 15 is 0 Å². The summed E-state index contributed by atoms with van der Waals surface area (Å²) in [6, 6.07) is 4.06. The van der Waals surface area contributed by atoms with E-state index in [0.29, 0.717) is 12.2 Å². The summed E-state index contributed by atoms with van der Waals surface area (Å²) in [5.74, 6) is 0.874. The van der Waals surface area contributed by atoms with Gasteiger partial charge < -0.3 is 9.47 Å². The Morgan fingerprint density at radius 3 is 2.69 bits per heavy atom. The van der Waals surface area contributed by atoms with E-state index in [9.17, 15) is 0 Å². The number of rotatable bonds is 5. The third kappa shape index (κ3) is 2.73. The normalized spacial score (nSPS) is 23.9. The quantitative estimate of drug-likeness (QED) is 0.765. The minimum atomic E-state index is 0.309. The Labute approximate surface area is 96.8 Å². The van der Waals surface area contributed by atoms with Gasteiger partial charge >= 0.3 is 0 Å². The lowest BCUT2D eigenvalue weighted by Gasteiger charge is -2.34. The van der Waals surface area contributed by atoms with Crippen molar-refractivity contribution in [3.8, 4) is 5.75 Å². The fraction of sp³-hybridized carbons (Fsp3) is 0.615. The van der Waals surface area contributed by atoms with E-state index in [1.165, 1.54) is 0 Å². The zero-order valence-corrected chi connectivity index (χ0v) is 9.98. The first-order valence-corrected chi connectivity index (χ1v) is 5.96. The van der Waals surface area contributed by atoms with Gasteiger partial charge in [-0.05, 0) is 18.6 Å². The number of pyridine rings is 1. The molecule has 0 aromatic carbocycles. The van der Waals surface area contributed by atoms with E-state index in [2.05, 4.69) is 11.9 Å². The first-order valence-electron chi connectivity index (χ1n) is 5.96. The van der Waals surface area contributed by atoms with Gasteiger partial charge in [-0.3, -0.25) is 4.98 Å². The largest absolute Gasteiger partial charge is 0.489 e. The van der Waals surface area contributed by atoms with Crippen molar-refractivity contribution in [2.75, 3.05) is 7.11 Å². The highest BCUT2D eigenvalue weighted by Gasteiger charge is 2.30. The van der Waals surface area contributed by atoms with Crippen molar-refractivity contribution in [2.45, 2.75) is 44.8 Å². The van der Waals surface area contributed by atoms with Gasteiger partial charge in [-0.25, -0.2) is 0 Å². The lowest BCUT2D eigenvalue weighted by atomic mass is 9.92. The summed E-state index contributed by atoms with van der Waals surface area (Å²) >= 11 is 0. The molecule has 1 aliphatic carbocycles. The average molecular weight is 221 g/mol. The summed E-state index contributed by atoms with van der Waals surface area (Å²) in [5, 5.41) is 0. The lowest BCUT2D eigenvalue weighted by molar-refractivity contribution is -0.0382. The van der Waals surface area contributed by atoms with Crippen molar-refractivity contribution in [3.05, 3.63) is 24.0 Å². The maximum atomic E-state index is 5.77. The minimum absolute atomic E-state index is 0.309. The second-order valence-corrected chi connectivity index (χ2v) is 4.30. The van der Waals surface area contributed by atoms with E-state index in [4.69, 9.17) is 9.47 Å². The Bertz CT molecular complexity index is 317. The summed E-state index contributed by atoms with van der Waals surface area (Å²) < 4.78 is 11.0. The highest BCUT2D eigenvalue weighted by atomic mass is 16.5. The van der Waals surface area contributed by atoms with Gasteiger partial charge in [-0.2, -0.15) is 0 Å². The fourth-order valence-corrected chi connectivity index (χ4v) is 1.88. The number of hydrogen-bond acceptors (Lipinski definition) is 3. The Morgan fingerprint density at radius 1 is 1.31 bits per heavy atom. The van der Waals surface area contributed by atoms with Gasteiger partial charge in [0, 0.05) is 25.6 Å². The van der Waals surface area contributed by atoms with Crippen LogP contribution in [0.15, 0.2) is 18.3 Å². The average Bonchev–Trinajstić information content (AvgIpc) is 2.25. The van der Waals surface area contributed by atoms with Crippen LogP contribution in [0.25, 0.3) is 0 Å². The molecule has 1 aromatic heterocycles. The van der Waals surface area contributed by atoms with E-state index in [1.54, 1.807) is 7.11 Å². The Balaban J connectivity index is 1.82. The van der Waals surface area contributed by atoms with E-state index < -0.39 is 0 Å². The zero-order chi connectivity index (χ0) is 11.4. The van der Waals surface area contributed by atoms with Crippen LogP contribution >= 0.6 is 0 Å². The van der Waals surface area contributed by atoms with Crippen molar-refractivity contribution < 1.29 is 9.47 Å². The minimum Gasteiger partial charge on any atom is -0.489 e. The number of hydrogen-bond donors (Lipinski definition) is 0. The molecule has 0 amide bonds. The molecule has 2 rings (SSSR count). The molecule has 0 bridgehead atoms. The van der Waals surface area contributed by atoms with Crippen molar-refractivity contribution >= 4 is 0 Å². The molecule has 1 aromatic rings. The van der Waals surface area contributed by atoms with Gasteiger partial charge in [0.15, 0.2) is 0 Å². The molecule has 88 valence electrons. The third-order valence-electron chi connectivity index (χ3n) is 2.99. The maximum Gasteiger partial charge on any atom is 0.138 e. The molecule has 0 unspecified atom stereocenters. The Kier molecular flexibility index (Phi) is 3.78. The molecular weight excluding hydrogens is 202 g/mol. The Morgan fingerprint density at radius 2 is 2.12 bits per heavy atom. The zero-order valence-electron chi connectivity index (χ0n) is 9.98. The first-order chi connectivity index (χ1) is 7.81. The van der Waals surface area contributed by atoms with Crippen LogP contribution in [-0.4, -0.2) is 24.3 Å². The second-order valence-electron chi connectivity index (χ2n) is 4.30. The van der Waals surface area contributed by atoms with Crippen molar-refractivity contribution in [1.29, 1.82) is 0 Å². The topological polar surface area (TPSA) is 31.4 Å². The highest BCUT2D eigenvalue weighted by molar-refractivity contribution is 5.20. The molecule has 1 fully saturated rings. The van der Waals surface area contributed by atoms with Crippen LogP contribution in [-0.2, 0) is 11.2 Å². The molecular formula is C13H19NO2. The van der Waals surface area contributed by atoms with Gasteiger partial charge in [-0.1, -0.05) is 13.3 Å². The number of nitrogens with zero attached hydrogens (tertiary/aromatic N) is 1. The van der Waals surface area contributed by atoms with E-state index in [0.717, 1.165) is 37.1 Å². The molecule has 3 nitrogen and oxygen atoms in total. The van der Waals surface area contributed by atoms with Crippen LogP contribution < -0.4 is 4.74 Å². The highest BCUT2D eigenvalue weighted by Crippen LogP contribution is 2.27. The predicted octanol–water partition coefficient (Wildman–Crippen LogP) is 2.59. The number of aromatic nitrogens is 1. The van der Waals surface area contributed by atoms with E-state index in [1.807, 2.05) is 18.3 Å². The van der Waals surface area contributed by atoms with Gasteiger partial charge in [0.25, 0.3) is 0 Å². The molecule has 0 radical (unpaired) electrons. The van der Waals surface area contributed by atoms with E-state index in [-0.39, 0.29) is 0 Å². The lowest BCUT2D eigenvalue weighted by Crippen LogP contribution is -2.38. The fourth-order valence-electron chi connectivity index (χ4n) is 1.88. The van der Waals surface area contributed by atoms with Crippen molar-refractivity contribution in [3.63, 3.8) is 0 Å². The van der Waals surface area contributed by atoms with Gasteiger partial charge in [0.1, 0.15) is 11.9 Å². The number of aryl methyl sites for hydroxylation is 1. The molecule has 0 N–H and O–H groups in total. The van der Waals surface area contributed by atoms with Crippen LogP contribution in [0.3, 0.4) is 0 Å². The summed E-state index contributed by atoms with van der Waals surface area (Å²) in [6.45, 7) is 2.16. The van der Waals surface area contributed by atoms with Gasteiger partial charge in [-0.15, -0.1) is 0 Å². The number of ether oxygens (including phenoxy) is 2. The monoisotopic (exact) mass is 221 g/mol. The predicted molar refractivity (Wildman–Crippen MR) is 62.7 cm³/mol. The molecule has 1 aliphatic rings. The molecule has 16 heavy (non-hydrogen) atoms. The maximum absolute atomic E-state index is 5.77.